The molecule has 2 aromatic rings. The number of carbonyl (C=O) groups excluding carboxylic acids is 1. The van der Waals surface area contributed by atoms with Crippen LogP contribution in [0.4, 0.5) is 14.5 Å². The van der Waals surface area contributed by atoms with Gasteiger partial charge in [0.05, 0.1) is 5.69 Å². The number of aldehydes is 1. The van der Waals surface area contributed by atoms with Crippen LogP contribution in [0, 0.1) is 11.6 Å². The van der Waals surface area contributed by atoms with Gasteiger partial charge in [-0.3, -0.25) is 4.79 Å². The van der Waals surface area contributed by atoms with Gasteiger partial charge in [0, 0.05) is 37.6 Å². The molecule has 0 aromatic heterocycles. The molecule has 1 saturated heterocycles. The fourth-order valence-corrected chi connectivity index (χ4v) is 2.84. The molecule has 120 valence electrons. The van der Waals surface area contributed by atoms with Gasteiger partial charge in [-0.05, 0) is 30.3 Å². The number of anilines is 1. The first-order valence-electron chi connectivity index (χ1n) is 7.57. The number of hydrogen-bond acceptors (Lipinski definition) is 3. The monoisotopic (exact) mass is 317 g/mol. The minimum atomic E-state index is -0.358. The molecule has 1 heterocycles. The lowest BCUT2D eigenvalue weighted by Crippen LogP contribution is -2.38. The summed E-state index contributed by atoms with van der Waals surface area (Å²) in [6.07, 6.45) is 2.18. The Labute approximate surface area is 133 Å². The lowest BCUT2D eigenvalue weighted by atomic mass is 10.0. The van der Waals surface area contributed by atoms with Crippen molar-refractivity contribution in [2.75, 3.05) is 18.0 Å². The summed E-state index contributed by atoms with van der Waals surface area (Å²) in [6.45, 7) is 1.31. The van der Waals surface area contributed by atoms with Crippen molar-refractivity contribution in [3.63, 3.8) is 0 Å². The second-order valence-corrected chi connectivity index (χ2v) is 5.58. The zero-order valence-corrected chi connectivity index (χ0v) is 12.5. The van der Waals surface area contributed by atoms with E-state index < -0.39 is 0 Å². The maximum atomic E-state index is 13.4. The van der Waals surface area contributed by atoms with Gasteiger partial charge in [-0.1, -0.05) is 6.07 Å². The molecule has 0 amide bonds. The van der Waals surface area contributed by atoms with Gasteiger partial charge >= 0.3 is 0 Å². The van der Waals surface area contributed by atoms with Gasteiger partial charge in [0.15, 0.2) is 6.29 Å². The molecule has 2 aromatic carbocycles. The van der Waals surface area contributed by atoms with Crippen molar-refractivity contribution in [2.45, 2.75) is 18.9 Å². The summed E-state index contributed by atoms with van der Waals surface area (Å²) in [6, 6.07) is 10.2. The average Bonchev–Trinajstić information content (AvgIpc) is 2.55. The fraction of sp³-hybridized carbons (Fsp3) is 0.278. The molecule has 1 fully saturated rings. The number of nitrogens with zero attached hydrogens (tertiary/aromatic N) is 1. The van der Waals surface area contributed by atoms with E-state index in [1.807, 2.05) is 4.90 Å². The van der Waals surface area contributed by atoms with Crippen LogP contribution in [0.5, 0.6) is 5.75 Å². The summed E-state index contributed by atoms with van der Waals surface area (Å²) in [5.74, 6) is -0.165. The van der Waals surface area contributed by atoms with Crippen LogP contribution in [0.2, 0.25) is 0 Å². The molecule has 0 spiro atoms. The van der Waals surface area contributed by atoms with Gasteiger partial charge in [-0.2, -0.15) is 0 Å². The first-order chi connectivity index (χ1) is 11.2. The van der Waals surface area contributed by atoms with Crippen LogP contribution in [-0.4, -0.2) is 25.5 Å². The Kier molecular flexibility index (Phi) is 4.55. The first kappa shape index (κ1) is 15.5. The largest absolute Gasteiger partial charge is 0.490 e. The van der Waals surface area contributed by atoms with E-state index in [1.54, 1.807) is 12.1 Å². The van der Waals surface area contributed by atoms with E-state index in [0.717, 1.165) is 19.1 Å². The number of halogens is 2. The first-order valence-corrected chi connectivity index (χ1v) is 7.57. The summed E-state index contributed by atoms with van der Waals surface area (Å²) in [5.41, 5.74) is 1.10. The molecular formula is C18H17F2NO2. The quantitative estimate of drug-likeness (QED) is 0.803. The molecule has 3 nitrogen and oxygen atoms in total. The summed E-state index contributed by atoms with van der Waals surface area (Å²) in [4.78, 5) is 13.1. The van der Waals surface area contributed by atoms with Gasteiger partial charge in [0.25, 0.3) is 0 Å². The third-order valence-electron chi connectivity index (χ3n) is 4.00. The minimum absolute atomic E-state index is 0.0127. The molecule has 0 unspecified atom stereocenters. The third-order valence-corrected chi connectivity index (χ3v) is 4.00. The van der Waals surface area contributed by atoms with Crippen molar-refractivity contribution < 1.29 is 18.3 Å². The van der Waals surface area contributed by atoms with E-state index >= 15 is 0 Å². The lowest BCUT2D eigenvalue weighted by molar-refractivity contribution is 0.112. The second kappa shape index (κ2) is 6.77. The molecule has 5 heteroatoms. The fourth-order valence-electron chi connectivity index (χ4n) is 2.84. The lowest BCUT2D eigenvalue weighted by Gasteiger charge is -2.34. The molecule has 1 aliphatic rings. The van der Waals surface area contributed by atoms with Crippen LogP contribution >= 0.6 is 0 Å². The zero-order chi connectivity index (χ0) is 16.2. The molecule has 0 saturated carbocycles. The van der Waals surface area contributed by atoms with Gasteiger partial charge in [-0.25, -0.2) is 8.78 Å². The molecular weight excluding hydrogens is 300 g/mol. The Morgan fingerprint density at radius 1 is 1.04 bits per heavy atom. The van der Waals surface area contributed by atoms with Crippen molar-refractivity contribution in [3.8, 4) is 5.75 Å². The van der Waals surface area contributed by atoms with E-state index in [2.05, 4.69) is 0 Å². The van der Waals surface area contributed by atoms with E-state index in [0.29, 0.717) is 30.1 Å². The number of carbonyl (C=O) groups is 1. The molecule has 0 aliphatic carbocycles. The van der Waals surface area contributed by atoms with Crippen molar-refractivity contribution >= 4 is 12.0 Å². The Balaban J connectivity index is 1.64. The Bertz CT molecular complexity index is 697. The highest BCUT2D eigenvalue weighted by molar-refractivity contribution is 5.84. The maximum Gasteiger partial charge on any atom is 0.152 e. The summed E-state index contributed by atoms with van der Waals surface area (Å²) in [5, 5.41) is 0. The Morgan fingerprint density at radius 3 is 2.48 bits per heavy atom. The van der Waals surface area contributed by atoms with Crippen molar-refractivity contribution in [3.05, 3.63) is 59.7 Å². The molecule has 0 N–H and O–H groups in total. The molecule has 0 bridgehead atoms. The smallest absolute Gasteiger partial charge is 0.152 e. The predicted molar refractivity (Wildman–Crippen MR) is 84.1 cm³/mol. The number of benzene rings is 2. The number of ether oxygens (including phenoxy) is 1. The standard InChI is InChI=1S/C18H17F2NO2/c19-14-2-1-3-17(10-14)23-16-6-8-21(9-7-16)18-11-15(20)5-4-13(18)12-22/h1-5,10-12,16H,6-9H2. The van der Waals surface area contributed by atoms with Crippen LogP contribution in [0.1, 0.15) is 23.2 Å². The van der Waals surface area contributed by atoms with Crippen molar-refractivity contribution in [1.29, 1.82) is 0 Å². The number of rotatable bonds is 4. The number of piperidine rings is 1. The summed E-state index contributed by atoms with van der Waals surface area (Å²) in [7, 11) is 0. The predicted octanol–water partition coefficient (Wildman–Crippen LogP) is 3.83. The van der Waals surface area contributed by atoms with E-state index in [4.69, 9.17) is 4.74 Å². The molecule has 23 heavy (non-hydrogen) atoms. The van der Waals surface area contributed by atoms with Crippen LogP contribution < -0.4 is 9.64 Å². The SMILES string of the molecule is O=Cc1ccc(F)cc1N1CCC(Oc2cccc(F)c2)CC1. The van der Waals surface area contributed by atoms with Crippen LogP contribution in [-0.2, 0) is 0 Å². The Morgan fingerprint density at radius 2 is 1.78 bits per heavy atom. The van der Waals surface area contributed by atoms with Crippen LogP contribution in [0.25, 0.3) is 0 Å². The third kappa shape index (κ3) is 3.67. The highest BCUT2D eigenvalue weighted by Gasteiger charge is 2.22. The summed E-state index contributed by atoms with van der Waals surface area (Å²) < 4.78 is 32.4. The molecule has 1 aliphatic heterocycles. The highest BCUT2D eigenvalue weighted by atomic mass is 19.1. The average molecular weight is 317 g/mol. The normalized spacial score (nSPS) is 15.5. The van der Waals surface area contributed by atoms with Gasteiger partial charge in [-0.15, -0.1) is 0 Å². The van der Waals surface area contributed by atoms with Crippen molar-refractivity contribution in [2.24, 2.45) is 0 Å². The van der Waals surface area contributed by atoms with Crippen LogP contribution in [0.3, 0.4) is 0 Å². The molecule has 0 radical (unpaired) electrons. The summed E-state index contributed by atoms with van der Waals surface area (Å²) >= 11 is 0. The molecule has 3 rings (SSSR count). The maximum absolute atomic E-state index is 13.4. The second-order valence-electron chi connectivity index (χ2n) is 5.58. The van der Waals surface area contributed by atoms with Gasteiger partial charge in [0.1, 0.15) is 23.5 Å². The van der Waals surface area contributed by atoms with Crippen molar-refractivity contribution in [1.82, 2.24) is 0 Å². The van der Waals surface area contributed by atoms with E-state index in [-0.39, 0.29) is 17.7 Å². The zero-order valence-electron chi connectivity index (χ0n) is 12.5. The Hall–Kier alpha value is -2.43. The highest BCUT2D eigenvalue weighted by Crippen LogP contribution is 2.26. The topological polar surface area (TPSA) is 29.5 Å². The number of hydrogen-bond donors (Lipinski definition) is 0. The van der Waals surface area contributed by atoms with E-state index in [1.165, 1.54) is 30.3 Å². The minimum Gasteiger partial charge on any atom is -0.490 e. The van der Waals surface area contributed by atoms with Gasteiger partial charge < -0.3 is 9.64 Å². The molecule has 0 atom stereocenters. The van der Waals surface area contributed by atoms with Crippen LogP contribution in [0.15, 0.2) is 42.5 Å². The van der Waals surface area contributed by atoms with Gasteiger partial charge in [0.2, 0.25) is 0 Å². The van der Waals surface area contributed by atoms with E-state index in [9.17, 15) is 13.6 Å².